The number of nitrogens with one attached hydrogen (secondary N) is 3. The largest absolute Gasteiger partial charge is 0.348 e. The van der Waals surface area contributed by atoms with Gasteiger partial charge in [0.15, 0.2) is 0 Å². The molecule has 3 N–H and O–H groups in total. The van der Waals surface area contributed by atoms with E-state index in [4.69, 9.17) is 0 Å². The molecule has 0 aromatic heterocycles. The molecule has 1 aromatic carbocycles. The van der Waals surface area contributed by atoms with Crippen LogP contribution in [-0.4, -0.2) is 39.5 Å². The molecule has 1 amide bonds. The summed E-state index contributed by atoms with van der Waals surface area (Å²) in [7, 11) is -3.55. The summed E-state index contributed by atoms with van der Waals surface area (Å²) in [5.74, 6) is -0.209. The Kier molecular flexibility index (Phi) is 4.70. The average molecular weight is 337 g/mol. The van der Waals surface area contributed by atoms with Crippen molar-refractivity contribution in [3.8, 4) is 0 Å². The van der Waals surface area contributed by atoms with Crippen molar-refractivity contribution in [2.45, 2.75) is 49.6 Å². The fraction of sp³-hybridized carbons (Fsp3) is 0.562. The van der Waals surface area contributed by atoms with Crippen LogP contribution in [0.25, 0.3) is 0 Å². The van der Waals surface area contributed by atoms with E-state index >= 15 is 0 Å². The second-order valence-electron chi connectivity index (χ2n) is 6.39. The van der Waals surface area contributed by atoms with Crippen molar-refractivity contribution in [2.75, 3.05) is 13.1 Å². The van der Waals surface area contributed by atoms with Crippen LogP contribution in [0.1, 0.15) is 41.6 Å². The van der Waals surface area contributed by atoms with Crippen LogP contribution in [-0.2, 0) is 10.0 Å². The molecule has 2 fully saturated rings. The first-order valence-electron chi connectivity index (χ1n) is 8.10. The summed E-state index contributed by atoms with van der Waals surface area (Å²) < 4.78 is 27.3. The molecule has 1 saturated heterocycles. The van der Waals surface area contributed by atoms with E-state index in [2.05, 4.69) is 15.4 Å². The van der Waals surface area contributed by atoms with Crippen LogP contribution in [0.3, 0.4) is 0 Å². The first-order valence-corrected chi connectivity index (χ1v) is 9.58. The molecule has 0 unspecified atom stereocenters. The van der Waals surface area contributed by atoms with E-state index in [0.29, 0.717) is 5.56 Å². The quantitative estimate of drug-likeness (QED) is 0.745. The molecule has 1 aliphatic carbocycles. The van der Waals surface area contributed by atoms with Gasteiger partial charge >= 0.3 is 0 Å². The summed E-state index contributed by atoms with van der Waals surface area (Å²) in [6.07, 6.45) is 3.74. The number of benzene rings is 1. The normalized spacial score (nSPS) is 21.9. The lowest BCUT2D eigenvalue weighted by molar-refractivity contribution is 0.0930. The second-order valence-corrected chi connectivity index (χ2v) is 8.10. The van der Waals surface area contributed by atoms with Gasteiger partial charge in [-0.1, -0.05) is 6.07 Å². The van der Waals surface area contributed by atoms with Crippen LogP contribution in [0.5, 0.6) is 0 Å². The van der Waals surface area contributed by atoms with Crippen molar-refractivity contribution in [3.05, 3.63) is 29.3 Å². The molecule has 0 radical (unpaired) electrons. The molecular formula is C16H23N3O3S. The molecule has 126 valence electrons. The highest BCUT2D eigenvalue weighted by atomic mass is 32.2. The molecule has 1 aromatic rings. The van der Waals surface area contributed by atoms with E-state index in [-0.39, 0.29) is 22.9 Å². The number of carbonyl (C=O) groups is 1. The highest BCUT2D eigenvalue weighted by Gasteiger charge is 2.28. The minimum Gasteiger partial charge on any atom is -0.348 e. The van der Waals surface area contributed by atoms with Crippen molar-refractivity contribution in [3.63, 3.8) is 0 Å². The molecule has 1 saturated carbocycles. The number of aryl methyl sites for hydroxylation is 1. The van der Waals surface area contributed by atoms with E-state index in [1.807, 2.05) is 6.92 Å². The van der Waals surface area contributed by atoms with Crippen molar-refractivity contribution in [1.82, 2.24) is 15.4 Å². The van der Waals surface area contributed by atoms with Crippen molar-refractivity contribution in [2.24, 2.45) is 0 Å². The average Bonchev–Trinajstić information content (AvgIpc) is 3.31. The van der Waals surface area contributed by atoms with Crippen LogP contribution in [0.2, 0.25) is 0 Å². The third kappa shape index (κ3) is 4.10. The smallest absolute Gasteiger partial charge is 0.251 e. The number of sulfonamides is 1. The third-order valence-electron chi connectivity index (χ3n) is 4.30. The lowest BCUT2D eigenvalue weighted by atomic mass is 10.1. The number of piperidine rings is 1. The van der Waals surface area contributed by atoms with Gasteiger partial charge in [-0.15, -0.1) is 0 Å². The molecule has 1 aliphatic heterocycles. The molecule has 3 rings (SSSR count). The predicted molar refractivity (Wildman–Crippen MR) is 87.9 cm³/mol. The number of hydrogen-bond acceptors (Lipinski definition) is 4. The van der Waals surface area contributed by atoms with Gasteiger partial charge in [0.05, 0.1) is 4.90 Å². The molecule has 2 aliphatic rings. The zero-order valence-corrected chi connectivity index (χ0v) is 14.1. The van der Waals surface area contributed by atoms with Crippen LogP contribution >= 0.6 is 0 Å². The Morgan fingerprint density at radius 2 is 2.00 bits per heavy atom. The molecule has 1 atom stereocenters. The number of hydrogen-bond donors (Lipinski definition) is 3. The summed E-state index contributed by atoms with van der Waals surface area (Å²) >= 11 is 0. The molecular weight excluding hydrogens is 314 g/mol. The highest BCUT2D eigenvalue weighted by molar-refractivity contribution is 7.89. The highest BCUT2D eigenvalue weighted by Crippen LogP contribution is 2.23. The van der Waals surface area contributed by atoms with Gasteiger partial charge in [0.25, 0.3) is 5.91 Å². The van der Waals surface area contributed by atoms with Crippen LogP contribution < -0.4 is 15.4 Å². The maximum absolute atomic E-state index is 12.5. The van der Waals surface area contributed by atoms with Gasteiger partial charge in [-0.25, -0.2) is 13.1 Å². The molecule has 6 nitrogen and oxygen atoms in total. The zero-order chi connectivity index (χ0) is 16.4. The van der Waals surface area contributed by atoms with Crippen LogP contribution in [0.4, 0.5) is 0 Å². The fourth-order valence-corrected chi connectivity index (χ4v) is 4.07. The lowest BCUT2D eigenvalue weighted by Crippen LogP contribution is -2.45. The summed E-state index contributed by atoms with van der Waals surface area (Å²) in [6, 6.07) is 4.87. The van der Waals surface area contributed by atoms with E-state index in [9.17, 15) is 13.2 Å². The maximum atomic E-state index is 12.5. The second kappa shape index (κ2) is 6.59. The third-order valence-corrected chi connectivity index (χ3v) is 5.81. The summed E-state index contributed by atoms with van der Waals surface area (Å²) in [5, 5.41) is 6.24. The number of amides is 1. The van der Waals surface area contributed by atoms with Gasteiger partial charge in [-0.2, -0.15) is 0 Å². The number of rotatable bonds is 5. The molecule has 1 heterocycles. The lowest BCUT2D eigenvalue weighted by Gasteiger charge is -2.24. The first kappa shape index (κ1) is 16.4. The van der Waals surface area contributed by atoms with E-state index in [1.54, 1.807) is 12.1 Å². The van der Waals surface area contributed by atoms with Crippen molar-refractivity contribution < 1.29 is 13.2 Å². The van der Waals surface area contributed by atoms with Crippen molar-refractivity contribution in [1.29, 1.82) is 0 Å². The molecule has 23 heavy (non-hydrogen) atoms. The Hall–Kier alpha value is -1.44. The Labute approximate surface area is 137 Å². The minimum absolute atomic E-state index is 0.0480. The zero-order valence-electron chi connectivity index (χ0n) is 13.3. The minimum atomic E-state index is -3.55. The van der Waals surface area contributed by atoms with Crippen LogP contribution in [0.15, 0.2) is 23.1 Å². The topological polar surface area (TPSA) is 87.3 Å². The van der Waals surface area contributed by atoms with Crippen molar-refractivity contribution >= 4 is 15.9 Å². The molecule has 0 spiro atoms. The van der Waals surface area contributed by atoms with E-state index in [1.165, 1.54) is 6.07 Å². The van der Waals surface area contributed by atoms with Crippen LogP contribution in [0, 0.1) is 6.92 Å². The Balaban J connectivity index is 1.77. The SMILES string of the molecule is Cc1ccc(S(=O)(=O)NC2CC2)cc1C(=O)N[C@H]1CCCNC1. The fourth-order valence-electron chi connectivity index (χ4n) is 2.74. The van der Waals surface area contributed by atoms with Gasteiger partial charge in [0.1, 0.15) is 0 Å². The van der Waals surface area contributed by atoms with Gasteiger partial charge in [-0.05, 0) is 56.8 Å². The van der Waals surface area contributed by atoms with Gasteiger partial charge in [0.2, 0.25) is 10.0 Å². The Morgan fingerprint density at radius 1 is 1.22 bits per heavy atom. The standard InChI is InChI=1S/C16H23N3O3S/c1-11-4-7-14(23(21,22)19-12-5-6-12)9-15(11)16(20)18-13-3-2-8-17-10-13/h4,7,9,12-13,17,19H,2-3,5-6,8,10H2,1H3,(H,18,20)/t13-/m0/s1. The summed E-state index contributed by atoms with van der Waals surface area (Å²) in [5.41, 5.74) is 1.20. The van der Waals surface area contributed by atoms with E-state index < -0.39 is 10.0 Å². The van der Waals surface area contributed by atoms with Gasteiger partial charge in [-0.3, -0.25) is 4.79 Å². The van der Waals surface area contributed by atoms with Gasteiger partial charge in [0, 0.05) is 24.2 Å². The summed E-state index contributed by atoms with van der Waals surface area (Å²) in [6.45, 7) is 3.55. The molecule has 7 heteroatoms. The molecule has 0 bridgehead atoms. The summed E-state index contributed by atoms with van der Waals surface area (Å²) in [4.78, 5) is 12.6. The maximum Gasteiger partial charge on any atom is 0.251 e. The van der Waals surface area contributed by atoms with Gasteiger partial charge < -0.3 is 10.6 Å². The first-order chi connectivity index (χ1) is 11.0. The number of carbonyl (C=O) groups excluding carboxylic acids is 1. The monoisotopic (exact) mass is 337 g/mol. The van der Waals surface area contributed by atoms with E-state index in [0.717, 1.165) is 44.3 Å². The Morgan fingerprint density at radius 3 is 2.65 bits per heavy atom. The Bertz CT molecular complexity index is 693. The predicted octanol–water partition coefficient (Wildman–Crippen LogP) is 0.918.